The monoisotopic (exact) mass is 437 g/mol. The number of hydrogen-bond donors (Lipinski definition) is 1. The van der Waals surface area contributed by atoms with Gasteiger partial charge in [-0.3, -0.25) is 0 Å². The van der Waals surface area contributed by atoms with Crippen molar-refractivity contribution >= 4 is 23.1 Å². The number of aryl methyl sites for hydroxylation is 1. The van der Waals surface area contributed by atoms with E-state index in [2.05, 4.69) is 17.1 Å². The number of aliphatic hydroxyl groups is 1. The van der Waals surface area contributed by atoms with Gasteiger partial charge in [0.2, 0.25) is 0 Å². The van der Waals surface area contributed by atoms with E-state index in [1.165, 1.54) is 5.56 Å². The number of rotatable bonds is 7. The molecule has 0 saturated heterocycles. The van der Waals surface area contributed by atoms with E-state index in [1.807, 2.05) is 41.3 Å². The van der Waals surface area contributed by atoms with E-state index >= 15 is 0 Å². The maximum absolute atomic E-state index is 11.2. The lowest BCUT2D eigenvalue weighted by Crippen LogP contribution is -2.37. The number of ether oxygens (including phenoxy) is 2. The summed E-state index contributed by atoms with van der Waals surface area (Å²) in [7, 11) is 3.24. The first kappa shape index (κ1) is 21.2. The van der Waals surface area contributed by atoms with Gasteiger partial charge < -0.3 is 19.5 Å². The first-order chi connectivity index (χ1) is 15.1. The van der Waals surface area contributed by atoms with E-state index in [9.17, 15) is 5.11 Å². The summed E-state index contributed by atoms with van der Waals surface area (Å²) < 4.78 is 10.9. The third-order valence-corrected chi connectivity index (χ3v) is 5.65. The molecule has 1 aliphatic heterocycles. The fourth-order valence-electron chi connectivity index (χ4n) is 3.71. The Morgan fingerprint density at radius 2 is 1.84 bits per heavy atom. The molecule has 0 radical (unpaired) electrons. The molecule has 160 valence electrons. The molecule has 0 saturated carbocycles. The number of nitrogens with zero attached hydrogens (tertiary/aromatic N) is 3. The van der Waals surface area contributed by atoms with Crippen molar-refractivity contribution in [2.45, 2.75) is 25.6 Å². The van der Waals surface area contributed by atoms with E-state index in [4.69, 9.17) is 26.1 Å². The zero-order valence-electron chi connectivity index (χ0n) is 17.5. The molecule has 3 aromatic rings. The Labute approximate surface area is 186 Å². The molecule has 2 heterocycles. The van der Waals surface area contributed by atoms with Crippen molar-refractivity contribution in [1.82, 2.24) is 9.88 Å². The van der Waals surface area contributed by atoms with Gasteiger partial charge in [-0.2, -0.15) is 0 Å². The van der Waals surface area contributed by atoms with Gasteiger partial charge in [-0.15, -0.1) is 0 Å². The second-order valence-electron chi connectivity index (χ2n) is 7.23. The Balaban J connectivity index is 1.68. The van der Waals surface area contributed by atoms with Crippen molar-refractivity contribution in [2.75, 3.05) is 14.2 Å². The Kier molecular flexibility index (Phi) is 6.39. The smallest absolute Gasteiger partial charge is 0.156 e. The number of pyridine rings is 1. The zero-order chi connectivity index (χ0) is 21.8. The van der Waals surface area contributed by atoms with Crippen LogP contribution in [0.5, 0.6) is 11.5 Å². The highest BCUT2D eigenvalue weighted by molar-refractivity contribution is 6.32. The van der Waals surface area contributed by atoms with Gasteiger partial charge in [-0.05, 0) is 30.2 Å². The van der Waals surface area contributed by atoms with Crippen LogP contribution in [0.1, 0.15) is 29.3 Å². The second-order valence-corrected chi connectivity index (χ2v) is 7.59. The van der Waals surface area contributed by atoms with Gasteiger partial charge in [-0.1, -0.05) is 41.9 Å². The molecule has 31 heavy (non-hydrogen) atoms. The molecular weight excluding hydrogens is 414 g/mol. The highest BCUT2D eigenvalue weighted by Crippen LogP contribution is 2.39. The van der Waals surface area contributed by atoms with E-state index in [0.717, 1.165) is 17.8 Å². The molecule has 4 rings (SSSR count). The molecule has 7 heteroatoms. The summed E-state index contributed by atoms with van der Waals surface area (Å²) in [6, 6.07) is 17.6. The summed E-state index contributed by atoms with van der Waals surface area (Å²) >= 11 is 6.30. The number of fused-ring (bicyclic) bond motifs is 1. The van der Waals surface area contributed by atoms with Crippen molar-refractivity contribution in [3.8, 4) is 11.5 Å². The number of aliphatic imine (C=N–C) groups is 1. The van der Waals surface area contributed by atoms with Crippen molar-refractivity contribution in [3.63, 3.8) is 0 Å². The number of benzene rings is 2. The molecule has 0 aliphatic carbocycles. The van der Waals surface area contributed by atoms with Crippen LogP contribution >= 0.6 is 11.6 Å². The molecule has 6 nitrogen and oxygen atoms in total. The van der Waals surface area contributed by atoms with E-state index in [1.54, 1.807) is 26.5 Å². The molecule has 1 unspecified atom stereocenters. The minimum atomic E-state index is -0.898. The number of amidine groups is 1. The lowest BCUT2D eigenvalue weighted by Gasteiger charge is -2.35. The predicted molar refractivity (Wildman–Crippen MR) is 121 cm³/mol. The van der Waals surface area contributed by atoms with Crippen LogP contribution in [0.3, 0.4) is 0 Å². The van der Waals surface area contributed by atoms with Gasteiger partial charge in [0.1, 0.15) is 23.0 Å². The van der Waals surface area contributed by atoms with Crippen LogP contribution in [-0.2, 0) is 13.0 Å². The number of aliphatic hydroxyl groups excluding tert-OH is 1. The van der Waals surface area contributed by atoms with Crippen LogP contribution in [0.25, 0.3) is 0 Å². The second kappa shape index (κ2) is 9.37. The maximum Gasteiger partial charge on any atom is 0.156 e. The molecular formula is C24H24ClN3O3. The standard InChI is InChI=1S/C24H24ClN3O3/c1-30-18-10-9-17(20(14-18)31-2)15-28-21(11-8-16-6-4-3-5-7-16)27-22-19(24(28)29)12-13-26-23(22)25/h3-7,9-10,12-14,24,29H,8,11,15H2,1-2H3. The largest absolute Gasteiger partial charge is 0.497 e. The quantitative estimate of drug-likeness (QED) is 0.531. The number of aromatic nitrogens is 1. The summed E-state index contributed by atoms with van der Waals surface area (Å²) in [5, 5.41) is 11.5. The van der Waals surface area contributed by atoms with Crippen LogP contribution in [0.4, 0.5) is 5.69 Å². The molecule has 1 N–H and O–H groups in total. The summed E-state index contributed by atoms with van der Waals surface area (Å²) in [5.41, 5.74) is 3.27. The maximum atomic E-state index is 11.2. The summed E-state index contributed by atoms with van der Waals surface area (Å²) in [6.07, 6.45) is 2.12. The fraction of sp³-hybridized carbons (Fsp3) is 0.250. The highest BCUT2D eigenvalue weighted by atomic mass is 35.5. The molecule has 0 spiro atoms. The third-order valence-electron chi connectivity index (χ3n) is 5.37. The lowest BCUT2D eigenvalue weighted by molar-refractivity contribution is 0.0434. The van der Waals surface area contributed by atoms with Gasteiger partial charge in [0.05, 0.1) is 20.8 Å². The normalized spacial score (nSPS) is 15.3. The van der Waals surface area contributed by atoms with Crippen LogP contribution in [0.15, 0.2) is 65.8 Å². The topological polar surface area (TPSA) is 67.2 Å². The summed E-state index contributed by atoms with van der Waals surface area (Å²) in [5.74, 6) is 2.14. The van der Waals surface area contributed by atoms with E-state index < -0.39 is 6.23 Å². The first-order valence-corrected chi connectivity index (χ1v) is 10.4. The van der Waals surface area contributed by atoms with Gasteiger partial charge in [-0.25, -0.2) is 9.98 Å². The van der Waals surface area contributed by atoms with Crippen molar-refractivity contribution < 1.29 is 14.6 Å². The number of hydrogen-bond acceptors (Lipinski definition) is 6. The average molecular weight is 438 g/mol. The van der Waals surface area contributed by atoms with Crippen LogP contribution < -0.4 is 9.47 Å². The van der Waals surface area contributed by atoms with E-state index in [-0.39, 0.29) is 5.15 Å². The summed E-state index contributed by atoms with van der Waals surface area (Å²) in [6.45, 7) is 0.418. The van der Waals surface area contributed by atoms with Crippen LogP contribution in [0, 0.1) is 0 Å². The minimum absolute atomic E-state index is 0.287. The molecule has 0 fully saturated rings. The predicted octanol–water partition coefficient (Wildman–Crippen LogP) is 4.92. The van der Waals surface area contributed by atoms with Crippen molar-refractivity contribution in [1.29, 1.82) is 0 Å². The third kappa shape index (κ3) is 4.50. The molecule has 1 aromatic heterocycles. The van der Waals surface area contributed by atoms with Crippen LogP contribution in [-0.4, -0.2) is 35.0 Å². The van der Waals surface area contributed by atoms with Gasteiger partial charge in [0.25, 0.3) is 0 Å². The average Bonchev–Trinajstić information content (AvgIpc) is 2.81. The molecule has 0 amide bonds. The fourth-order valence-corrected chi connectivity index (χ4v) is 3.92. The van der Waals surface area contributed by atoms with Crippen molar-refractivity contribution in [2.24, 2.45) is 4.99 Å². The lowest BCUT2D eigenvalue weighted by atomic mass is 10.0. The number of halogens is 1. The first-order valence-electron chi connectivity index (χ1n) is 10.0. The Morgan fingerprint density at radius 3 is 2.58 bits per heavy atom. The molecule has 1 atom stereocenters. The van der Waals surface area contributed by atoms with E-state index in [0.29, 0.717) is 35.7 Å². The van der Waals surface area contributed by atoms with Gasteiger partial charge in [0, 0.05) is 29.8 Å². The van der Waals surface area contributed by atoms with Crippen LogP contribution in [0.2, 0.25) is 5.15 Å². The minimum Gasteiger partial charge on any atom is -0.497 e. The molecule has 1 aliphatic rings. The Hall–Kier alpha value is -3.09. The Bertz CT molecular complexity index is 1090. The zero-order valence-corrected chi connectivity index (χ0v) is 18.2. The SMILES string of the molecule is COc1ccc(CN2C(CCc3ccccc3)=Nc3c(ccnc3Cl)C2O)c(OC)c1. The number of methoxy groups -OCH3 is 2. The van der Waals surface area contributed by atoms with Crippen molar-refractivity contribution in [3.05, 3.63) is 82.6 Å². The Morgan fingerprint density at radius 1 is 1.03 bits per heavy atom. The van der Waals surface area contributed by atoms with Gasteiger partial charge in [0.15, 0.2) is 11.4 Å². The molecule has 2 aromatic carbocycles. The molecule has 0 bridgehead atoms. The van der Waals surface area contributed by atoms with Gasteiger partial charge >= 0.3 is 0 Å². The highest BCUT2D eigenvalue weighted by Gasteiger charge is 2.30. The summed E-state index contributed by atoms with van der Waals surface area (Å²) in [4.78, 5) is 10.8.